The Kier molecular flexibility index (Phi) is 5.51. The topological polar surface area (TPSA) is 41.6 Å². The minimum Gasteiger partial charge on any atom is -0.444 e. The van der Waals surface area contributed by atoms with Crippen LogP contribution in [0.5, 0.6) is 0 Å². The van der Waals surface area contributed by atoms with Crippen LogP contribution in [0, 0.1) is 5.41 Å². The molecule has 1 spiro atoms. The van der Waals surface area contributed by atoms with Crippen LogP contribution in [0.3, 0.4) is 0 Å². The van der Waals surface area contributed by atoms with Gasteiger partial charge >= 0.3 is 6.09 Å². The third-order valence-electron chi connectivity index (χ3n) is 3.87. The Morgan fingerprint density at radius 1 is 1.26 bits per heavy atom. The summed E-state index contributed by atoms with van der Waals surface area (Å²) in [5.74, 6) is 0. The van der Waals surface area contributed by atoms with Crippen molar-refractivity contribution in [1.29, 1.82) is 0 Å². The summed E-state index contributed by atoms with van der Waals surface area (Å²) in [5.41, 5.74) is -0.0973. The molecule has 1 unspecified atom stereocenters. The van der Waals surface area contributed by atoms with Crippen LogP contribution < -0.4 is 5.32 Å². The van der Waals surface area contributed by atoms with Gasteiger partial charge in [0.25, 0.3) is 0 Å². The second kappa shape index (κ2) is 6.31. The summed E-state index contributed by atoms with van der Waals surface area (Å²) in [6, 6.07) is 0. The molecule has 0 aromatic rings. The first-order chi connectivity index (χ1) is 8.40. The standard InChI is InChI=1S/C14H26N2O2.ClH/c1-13(2,3)18-12(17)16-9-5-7-14(11-16)6-4-8-15-10-14;/h15H,4-11H2,1-3H3;1H. The Morgan fingerprint density at radius 2 is 1.95 bits per heavy atom. The maximum absolute atomic E-state index is 12.1. The highest BCUT2D eigenvalue weighted by Crippen LogP contribution is 2.36. The molecule has 2 heterocycles. The fourth-order valence-corrected chi connectivity index (χ4v) is 3.07. The number of carbonyl (C=O) groups is 1. The molecule has 0 saturated carbocycles. The second-order valence-corrected chi connectivity index (χ2v) is 6.79. The molecule has 2 aliphatic rings. The molecule has 1 amide bonds. The molecule has 5 heteroatoms. The highest BCUT2D eigenvalue weighted by Gasteiger charge is 2.39. The smallest absolute Gasteiger partial charge is 0.410 e. The van der Waals surface area contributed by atoms with Gasteiger partial charge in [0, 0.05) is 25.0 Å². The lowest BCUT2D eigenvalue weighted by Gasteiger charge is -2.45. The van der Waals surface area contributed by atoms with Crippen LogP contribution in [-0.2, 0) is 4.74 Å². The monoisotopic (exact) mass is 290 g/mol. The van der Waals surface area contributed by atoms with Crippen molar-refractivity contribution in [1.82, 2.24) is 10.2 Å². The van der Waals surface area contributed by atoms with Gasteiger partial charge in [-0.25, -0.2) is 4.79 Å². The number of nitrogens with one attached hydrogen (secondary N) is 1. The number of nitrogens with zero attached hydrogens (tertiary/aromatic N) is 1. The van der Waals surface area contributed by atoms with Gasteiger partial charge in [0.2, 0.25) is 0 Å². The molecule has 2 saturated heterocycles. The third kappa shape index (κ3) is 4.53. The lowest BCUT2D eigenvalue weighted by molar-refractivity contribution is -0.000318. The first-order valence-corrected chi connectivity index (χ1v) is 7.09. The highest BCUT2D eigenvalue weighted by molar-refractivity contribution is 5.85. The van der Waals surface area contributed by atoms with Crippen molar-refractivity contribution in [3.8, 4) is 0 Å². The molecule has 1 atom stereocenters. The van der Waals surface area contributed by atoms with Crippen molar-refractivity contribution in [3.63, 3.8) is 0 Å². The zero-order valence-corrected chi connectivity index (χ0v) is 13.1. The minimum atomic E-state index is -0.396. The number of hydrogen-bond acceptors (Lipinski definition) is 3. The number of halogens is 1. The normalized spacial score (nSPS) is 27.8. The largest absolute Gasteiger partial charge is 0.444 e. The SMILES string of the molecule is CC(C)(C)OC(=O)N1CCCC2(CCCNC2)C1.Cl. The Labute approximate surface area is 122 Å². The lowest BCUT2D eigenvalue weighted by atomic mass is 9.74. The van der Waals surface area contributed by atoms with Crippen molar-refractivity contribution < 1.29 is 9.53 Å². The number of ether oxygens (including phenoxy) is 1. The number of carbonyl (C=O) groups excluding carboxylic acids is 1. The van der Waals surface area contributed by atoms with Crippen molar-refractivity contribution >= 4 is 18.5 Å². The highest BCUT2D eigenvalue weighted by atomic mass is 35.5. The third-order valence-corrected chi connectivity index (χ3v) is 3.87. The van der Waals surface area contributed by atoms with Crippen molar-refractivity contribution in [2.24, 2.45) is 5.41 Å². The van der Waals surface area contributed by atoms with E-state index in [0.29, 0.717) is 5.41 Å². The van der Waals surface area contributed by atoms with Crippen LogP contribution in [0.15, 0.2) is 0 Å². The van der Waals surface area contributed by atoms with Crippen LogP contribution in [0.25, 0.3) is 0 Å². The molecule has 112 valence electrons. The Bertz CT molecular complexity index is 304. The molecule has 0 aromatic heterocycles. The molecule has 2 rings (SSSR count). The van der Waals surface area contributed by atoms with Crippen molar-refractivity contribution in [2.45, 2.75) is 52.1 Å². The number of hydrogen-bond donors (Lipinski definition) is 1. The van der Waals surface area contributed by atoms with E-state index in [1.807, 2.05) is 25.7 Å². The number of piperidine rings is 2. The van der Waals surface area contributed by atoms with Gasteiger partial charge in [0.1, 0.15) is 5.60 Å². The molecule has 4 nitrogen and oxygen atoms in total. The van der Waals surface area contributed by atoms with E-state index >= 15 is 0 Å². The van der Waals surface area contributed by atoms with Gasteiger partial charge in [-0.1, -0.05) is 0 Å². The molecule has 0 bridgehead atoms. The van der Waals surface area contributed by atoms with Crippen LogP contribution in [0.1, 0.15) is 46.5 Å². The van der Waals surface area contributed by atoms with E-state index in [1.54, 1.807) is 0 Å². The molecule has 0 aliphatic carbocycles. The number of amides is 1. The maximum Gasteiger partial charge on any atom is 0.410 e. The predicted molar refractivity (Wildman–Crippen MR) is 78.8 cm³/mol. The predicted octanol–water partition coefficient (Wildman–Crippen LogP) is 2.81. The van der Waals surface area contributed by atoms with Crippen molar-refractivity contribution in [3.05, 3.63) is 0 Å². The molecule has 0 aromatic carbocycles. The maximum atomic E-state index is 12.1. The van der Waals surface area contributed by atoms with Gasteiger partial charge in [0.15, 0.2) is 0 Å². The van der Waals surface area contributed by atoms with Crippen LogP contribution in [0.2, 0.25) is 0 Å². The lowest BCUT2D eigenvalue weighted by Crippen LogP contribution is -2.53. The molecule has 2 aliphatic heterocycles. The van der Waals surface area contributed by atoms with E-state index in [-0.39, 0.29) is 18.5 Å². The molecule has 0 radical (unpaired) electrons. The average Bonchev–Trinajstić information content (AvgIpc) is 2.28. The van der Waals surface area contributed by atoms with E-state index in [4.69, 9.17) is 4.74 Å². The van der Waals surface area contributed by atoms with E-state index in [9.17, 15) is 4.79 Å². The number of rotatable bonds is 0. The molecular formula is C14H27ClN2O2. The summed E-state index contributed by atoms with van der Waals surface area (Å²) < 4.78 is 5.48. The van der Waals surface area contributed by atoms with E-state index < -0.39 is 5.60 Å². The Balaban J connectivity index is 0.00000180. The molecule has 19 heavy (non-hydrogen) atoms. The molecule has 1 N–H and O–H groups in total. The fraction of sp³-hybridized carbons (Fsp3) is 0.929. The van der Waals surface area contributed by atoms with Crippen LogP contribution in [-0.4, -0.2) is 42.8 Å². The van der Waals surface area contributed by atoms with Gasteiger partial charge in [0.05, 0.1) is 0 Å². The van der Waals surface area contributed by atoms with E-state index in [0.717, 1.165) is 32.6 Å². The van der Waals surface area contributed by atoms with Gasteiger partial charge < -0.3 is 15.0 Å². The zero-order valence-electron chi connectivity index (χ0n) is 12.3. The Hall–Kier alpha value is -0.480. The van der Waals surface area contributed by atoms with Gasteiger partial charge in [-0.2, -0.15) is 0 Å². The Morgan fingerprint density at radius 3 is 2.53 bits per heavy atom. The van der Waals surface area contributed by atoms with E-state index in [1.165, 1.54) is 19.3 Å². The van der Waals surface area contributed by atoms with Crippen LogP contribution >= 0.6 is 12.4 Å². The molecular weight excluding hydrogens is 264 g/mol. The zero-order chi connectivity index (χ0) is 13.2. The quantitative estimate of drug-likeness (QED) is 0.746. The first-order valence-electron chi connectivity index (χ1n) is 7.09. The first kappa shape index (κ1) is 16.6. The summed E-state index contributed by atoms with van der Waals surface area (Å²) in [7, 11) is 0. The summed E-state index contributed by atoms with van der Waals surface area (Å²) in [6.45, 7) is 9.64. The van der Waals surface area contributed by atoms with Crippen LogP contribution in [0.4, 0.5) is 4.79 Å². The summed E-state index contributed by atoms with van der Waals surface area (Å²) in [6.07, 6.45) is 4.65. The summed E-state index contributed by atoms with van der Waals surface area (Å²) in [5, 5.41) is 3.47. The summed E-state index contributed by atoms with van der Waals surface area (Å²) in [4.78, 5) is 14.0. The molecule has 2 fully saturated rings. The van der Waals surface area contributed by atoms with Gasteiger partial charge in [-0.05, 0) is 53.0 Å². The second-order valence-electron chi connectivity index (χ2n) is 6.79. The number of likely N-dealkylation sites (tertiary alicyclic amines) is 1. The van der Waals surface area contributed by atoms with Crippen molar-refractivity contribution in [2.75, 3.05) is 26.2 Å². The van der Waals surface area contributed by atoms with Gasteiger partial charge in [-0.15, -0.1) is 12.4 Å². The minimum absolute atomic E-state index is 0. The fourth-order valence-electron chi connectivity index (χ4n) is 3.07. The average molecular weight is 291 g/mol. The van der Waals surface area contributed by atoms with E-state index in [2.05, 4.69) is 5.32 Å². The van der Waals surface area contributed by atoms with Gasteiger partial charge in [-0.3, -0.25) is 0 Å². The summed E-state index contributed by atoms with van der Waals surface area (Å²) >= 11 is 0.